The molecule has 2 aliphatic rings. The Morgan fingerprint density at radius 2 is 2.11 bits per heavy atom. The van der Waals surface area contributed by atoms with Crippen LogP contribution >= 0.6 is 45.2 Å². The molecule has 0 saturated heterocycles. The van der Waals surface area contributed by atoms with Crippen LogP contribution < -0.4 is 9.47 Å². The molecule has 3 rings (SSSR count). The molecule has 0 N–H and O–H groups in total. The Morgan fingerprint density at radius 1 is 1.37 bits per heavy atom. The second-order valence-electron chi connectivity index (χ2n) is 5.11. The second kappa shape index (κ2) is 5.05. The molecule has 3 atom stereocenters. The van der Waals surface area contributed by atoms with E-state index in [4.69, 9.17) is 9.47 Å². The van der Waals surface area contributed by atoms with Gasteiger partial charge in [0.15, 0.2) is 0 Å². The highest BCUT2D eigenvalue weighted by Crippen LogP contribution is 2.48. The molecular weight excluding hydrogens is 470 g/mol. The van der Waals surface area contributed by atoms with Gasteiger partial charge in [0.25, 0.3) is 0 Å². The predicted molar refractivity (Wildman–Crippen MR) is 90.2 cm³/mol. The van der Waals surface area contributed by atoms with E-state index in [1.54, 1.807) is 0 Å². The van der Waals surface area contributed by atoms with Gasteiger partial charge >= 0.3 is 5.97 Å². The Morgan fingerprint density at radius 3 is 2.79 bits per heavy atom. The number of hydrogen-bond donors (Lipinski definition) is 0. The van der Waals surface area contributed by atoms with Gasteiger partial charge in [-0.15, -0.1) is 0 Å². The van der Waals surface area contributed by atoms with E-state index in [1.807, 2.05) is 6.92 Å². The predicted octanol–water partition coefficient (Wildman–Crippen LogP) is 3.73. The normalized spacial score (nSPS) is 28.4. The van der Waals surface area contributed by atoms with Crippen molar-refractivity contribution >= 4 is 51.2 Å². The molecule has 0 spiro atoms. The summed E-state index contributed by atoms with van der Waals surface area (Å²) in [5.74, 6) is 2.14. The Bertz CT molecular complexity index is 556. The first-order valence-corrected chi connectivity index (χ1v) is 9.03. The molecule has 0 radical (unpaired) electrons. The minimum atomic E-state index is -0.146. The SMILES string of the molecule is Cc1c2c(cc3c1OC(=O)C(I)C3C)C(CI)CO2. The first kappa shape index (κ1) is 13.9. The van der Waals surface area contributed by atoms with E-state index in [1.165, 1.54) is 5.56 Å². The summed E-state index contributed by atoms with van der Waals surface area (Å²) in [6.07, 6.45) is 0. The van der Waals surface area contributed by atoms with Gasteiger partial charge in [-0.2, -0.15) is 0 Å². The van der Waals surface area contributed by atoms with E-state index in [-0.39, 0.29) is 15.8 Å². The van der Waals surface area contributed by atoms with E-state index in [9.17, 15) is 4.79 Å². The van der Waals surface area contributed by atoms with Gasteiger partial charge in [0.05, 0.1) is 6.61 Å². The van der Waals surface area contributed by atoms with E-state index in [0.717, 1.165) is 33.7 Å². The van der Waals surface area contributed by atoms with Crippen molar-refractivity contribution in [1.29, 1.82) is 0 Å². The lowest BCUT2D eigenvalue weighted by Crippen LogP contribution is -2.31. The monoisotopic (exact) mass is 484 g/mol. The van der Waals surface area contributed by atoms with Crippen LogP contribution in [0.25, 0.3) is 0 Å². The molecular formula is C14H14I2O3. The van der Waals surface area contributed by atoms with Gasteiger partial charge in [-0.3, -0.25) is 4.79 Å². The molecule has 19 heavy (non-hydrogen) atoms. The highest BCUT2D eigenvalue weighted by molar-refractivity contribution is 14.1. The molecule has 0 saturated carbocycles. The molecule has 3 nitrogen and oxygen atoms in total. The molecule has 0 fully saturated rings. The minimum absolute atomic E-state index is 0.108. The van der Waals surface area contributed by atoms with Crippen molar-refractivity contribution in [3.05, 3.63) is 22.8 Å². The van der Waals surface area contributed by atoms with Gasteiger partial charge in [-0.25, -0.2) is 0 Å². The van der Waals surface area contributed by atoms with Crippen molar-refractivity contribution in [2.75, 3.05) is 11.0 Å². The molecule has 0 aromatic heterocycles. The van der Waals surface area contributed by atoms with Crippen molar-refractivity contribution in [3.63, 3.8) is 0 Å². The minimum Gasteiger partial charge on any atom is -0.492 e. The number of benzene rings is 1. The molecule has 0 aliphatic carbocycles. The van der Waals surface area contributed by atoms with Crippen LogP contribution in [0.5, 0.6) is 11.5 Å². The largest absolute Gasteiger partial charge is 0.492 e. The zero-order valence-corrected chi connectivity index (χ0v) is 15.0. The van der Waals surface area contributed by atoms with Gasteiger partial charge in [-0.05, 0) is 13.0 Å². The summed E-state index contributed by atoms with van der Waals surface area (Å²) in [4.78, 5) is 11.9. The molecule has 2 heterocycles. The standard InChI is InChI=1S/C14H14I2O3/c1-6-9-3-10-8(4-15)5-18-12(10)7(2)13(9)19-14(17)11(6)16/h3,6,8,11H,4-5H2,1-2H3. The number of carbonyl (C=O) groups is 1. The summed E-state index contributed by atoms with van der Waals surface area (Å²) in [5, 5.41) is 0. The topological polar surface area (TPSA) is 35.5 Å². The number of ether oxygens (including phenoxy) is 2. The van der Waals surface area contributed by atoms with Crippen molar-refractivity contribution in [2.24, 2.45) is 0 Å². The van der Waals surface area contributed by atoms with Crippen LogP contribution in [0.3, 0.4) is 0 Å². The van der Waals surface area contributed by atoms with Gasteiger partial charge in [0.2, 0.25) is 0 Å². The fraction of sp³-hybridized carbons (Fsp3) is 0.500. The van der Waals surface area contributed by atoms with Crippen LogP contribution in [0, 0.1) is 6.92 Å². The summed E-state index contributed by atoms with van der Waals surface area (Å²) < 4.78 is 12.2. The Hall–Kier alpha value is -0.0500. The molecule has 5 heteroatoms. The third-order valence-electron chi connectivity index (χ3n) is 3.93. The summed E-state index contributed by atoms with van der Waals surface area (Å²) in [7, 11) is 0. The zero-order chi connectivity index (χ0) is 13.7. The summed E-state index contributed by atoms with van der Waals surface area (Å²) in [5.41, 5.74) is 3.40. The fourth-order valence-corrected chi connectivity index (χ4v) is 3.97. The van der Waals surface area contributed by atoms with E-state index >= 15 is 0 Å². The number of carbonyl (C=O) groups excluding carboxylic acids is 1. The maximum absolute atomic E-state index is 11.9. The van der Waals surface area contributed by atoms with Crippen LogP contribution in [-0.2, 0) is 4.79 Å². The maximum Gasteiger partial charge on any atom is 0.324 e. The van der Waals surface area contributed by atoms with Crippen molar-refractivity contribution < 1.29 is 14.3 Å². The third-order valence-corrected chi connectivity index (χ3v) is 6.58. The number of halogens is 2. The molecule has 102 valence electrons. The van der Waals surface area contributed by atoms with Crippen molar-refractivity contribution in [3.8, 4) is 11.5 Å². The Labute approximate surface area is 139 Å². The highest BCUT2D eigenvalue weighted by atomic mass is 127. The van der Waals surface area contributed by atoms with Gasteiger partial charge < -0.3 is 9.47 Å². The first-order valence-electron chi connectivity index (χ1n) is 6.26. The third kappa shape index (κ3) is 2.07. The number of rotatable bonds is 1. The van der Waals surface area contributed by atoms with Crippen molar-refractivity contribution in [1.82, 2.24) is 0 Å². The Balaban J connectivity index is 2.18. The quantitative estimate of drug-likeness (QED) is 0.264. The molecule has 1 aromatic carbocycles. The van der Waals surface area contributed by atoms with E-state index < -0.39 is 0 Å². The molecule has 1 aromatic rings. The van der Waals surface area contributed by atoms with Crippen LogP contribution in [0.15, 0.2) is 6.07 Å². The summed E-state index contributed by atoms with van der Waals surface area (Å²) in [6, 6.07) is 2.19. The van der Waals surface area contributed by atoms with E-state index in [0.29, 0.717) is 5.92 Å². The average molecular weight is 484 g/mol. The second-order valence-corrected chi connectivity index (χ2v) is 7.33. The number of fused-ring (bicyclic) bond motifs is 2. The lowest BCUT2D eigenvalue weighted by Gasteiger charge is -2.28. The van der Waals surface area contributed by atoms with Crippen LogP contribution in [0.2, 0.25) is 0 Å². The number of hydrogen-bond acceptors (Lipinski definition) is 3. The van der Waals surface area contributed by atoms with Gasteiger partial charge in [0, 0.05) is 33.0 Å². The summed E-state index contributed by atoms with van der Waals surface area (Å²) in [6.45, 7) is 4.82. The van der Waals surface area contributed by atoms with Crippen LogP contribution in [-0.4, -0.2) is 20.9 Å². The highest BCUT2D eigenvalue weighted by Gasteiger charge is 2.37. The summed E-state index contributed by atoms with van der Waals surface area (Å²) >= 11 is 4.57. The smallest absolute Gasteiger partial charge is 0.324 e. The van der Waals surface area contributed by atoms with Crippen LogP contribution in [0.4, 0.5) is 0 Å². The lowest BCUT2D eigenvalue weighted by molar-refractivity contribution is -0.134. The molecule has 3 unspecified atom stereocenters. The molecule has 0 amide bonds. The first-order chi connectivity index (χ1) is 9.04. The van der Waals surface area contributed by atoms with Gasteiger partial charge in [0.1, 0.15) is 15.4 Å². The van der Waals surface area contributed by atoms with Crippen LogP contribution in [0.1, 0.15) is 35.4 Å². The zero-order valence-electron chi connectivity index (χ0n) is 10.7. The molecule has 2 aliphatic heterocycles. The number of esters is 1. The maximum atomic E-state index is 11.9. The van der Waals surface area contributed by atoms with E-state index in [2.05, 4.69) is 58.2 Å². The molecule has 0 bridgehead atoms. The number of alkyl halides is 2. The lowest BCUT2D eigenvalue weighted by atomic mass is 9.88. The Kier molecular flexibility index (Phi) is 3.70. The fourth-order valence-electron chi connectivity index (χ4n) is 2.72. The average Bonchev–Trinajstić information content (AvgIpc) is 2.81. The van der Waals surface area contributed by atoms with Gasteiger partial charge in [-0.1, -0.05) is 52.1 Å². The van der Waals surface area contributed by atoms with Crippen molar-refractivity contribution in [2.45, 2.75) is 29.6 Å².